The summed E-state index contributed by atoms with van der Waals surface area (Å²) in [5.41, 5.74) is 9.46. The zero-order valence-electron chi connectivity index (χ0n) is 9.97. The second kappa shape index (κ2) is 5.76. The second-order valence-corrected chi connectivity index (χ2v) is 3.86. The highest BCUT2D eigenvalue weighted by atomic mass is 16.5. The molecule has 1 aromatic carbocycles. The van der Waals surface area contributed by atoms with Crippen LogP contribution in [0.5, 0.6) is 5.75 Å². The minimum Gasteiger partial charge on any atom is -0.493 e. The summed E-state index contributed by atoms with van der Waals surface area (Å²) in [5, 5.41) is 0. The summed E-state index contributed by atoms with van der Waals surface area (Å²) in [6.45, 7) is 7.86. The Bertz CT molecular complexity index is 321. The van der Waals surface area contributed by atoms with Gasteiger partial charge in [-0.05, 0) is 56.0 Å². The average molecular weight is 207 g/mol. The predicted molar refractivity (Wildman–Crippen MR) is 64.5 cm³/mol. The Labute approximate surface area is 92.4 Å². The molecule has 1 rings (SSSR count). The van der Waals surface area contributed by atoms with E-state index in [2.05, 4.69) is 32.9 Å². The van der Waals surface area contributed by atoms with Gasteiger partial charge in [0.15, 0.2) is 0 Å². The first-order valence-electron chi connectivity index (χ1n) is 5.62. The summed E-state index contributed by atoms with van der Waals surface area (Å²) >= 11 is 0. The van der Waals surface area contributed by atoms with Gasteiger partial charge in [0.1, 0.15) is 5.75 Å². The van der Waals surface area contributed by atoms with Gasteiger partial charge in [0.05, 0.1) is 6.61 Å². The van der Waals surface area contributed by atoms with Crippen LogP contribution in [0.3, 0.4) is 0 Å². The summed E-state index contributed by atoms with van der Waals surface area (Å²) in [7, 11) is 0. The number of rotatable bonds is 5. The molecule has 0 fully saturated rings. The monoisotopic (exact) mass is 207 g/mol. The third-order valence-electron chi connectivity index (χ3n) is 2.73. The summed E-state index contributed by atoms with van der Waals surface area (Å²) in [6, 6.07) is 4.18. The molecule has 0 atom stereocenters. The molecule has 1 aromatic rings. The first-order valence-corrected chi connectivity index (χ1v) is 5.62. The lowest BCUT2D eigenvalue weighted by Gasteiger charge is -2.13. The minimum atomic E-state index is 0.704. The molecule has 0 aliphatic rings. The normalized spacial score (nSPS) is 10.4. The van der Waals surface area contributed by atoms with Crippen molar-refractivity contribution < 1.29 is 4.74 Å². The fraction of sp³-hybridized carbons (Fsp3) is 0.538. The van der Waals surface area contributed by atoms with E-state index in [4.69, 9.17) is 10.5 Å². The Morgan fingerprint density at radius 3 is 2.53 bits per heavy atom. The zero-order valence-corrected chi connectivity index (χ0v) is 9.97. The third kappa shape index (κ3) is 2.96. The minimum absolute atomic E-state index is 0.704. The first-order chi connectivity index (χ1) is 7.20. The summed E-state index contributed by atoms with van der Waals surface area (Å²) < 4.78 is 5.67. The summed E-state index contributed by atoms with van der Waals surface area (Å²) in [6.07, 6.45) is 1.99. The third-order valence-corrected chi connectivity index (χ3v) is 2.73. The van der Waals surface area contributed by atoms with E-state index in [1.165, 1.54) is 16.7 Å². The molecule has 0 aliphatic carbocycles. The second-order valence-electron chi connectivity index (χ2n) is 3.86. The Hall–Kier alpha value is -1.02. The van der Waals surface area contributed by atoms with E-state index in [1.807, 2.05) is 0 Å². The number of nitrogens with two attached hydrogens (primary N) is 1. The van der Waals surface area contributed by atoms with Gasteiger partial charge in [0, 0.05) is 0 Å². The van der Waals surface area contributed by atoms with Gasteiger partial charge in [-0.25, -0.2) is 0 Å². The van der Waals surface area contributed by atoms with Crippen LogP contribution in [0.2, 0.25) is 0 Å². The van der Waals surface area contributed by atoms with Crippen LogP contribution >= 0.6 is 0 Å². The van der Waals surface area contributed by atoms with Gasteiger partial charge in [-0.15, -0.1) is 0 Å². The molecule has 0 spiro atoms. The molecule has 0 saturated carbocycles. The van der Waals surface area contributed by atoms with Gasteiger partial charge in [0.2, 0.25) is 0 Å². The van der Waals surface area contributed by atoms with Gasteiger partial charge in [-0.3, -0.25) is 0 Å². The highest BCUT2D eigenvalue weighted by Gasteiger charge is 2.06. The lowest BCUT2D eigenvalue weighted by Crippen LogP contribution is -2.06. The molecule has 84 valence electrons. The topological polar surface area (TPSA) is 35.2 Å². The van der Waals surface area contributed by atoms with Gasteiger partial charge in [-0.2, -0.15) is 0 Å². The van der Waals surface area contributed by atoms with E-state index in [0.717, 1.165) is 25.2 Å². The van der Waals surface area contributed by atoms with Crippen LogP contribution in [0.25, 0.3) is 0 Å². The fourth-order valence-electron chi connectivity index (χ4n) is 1.65. The van der Waals surface area contributed by atoms with E-state index in [1.54, 1.807) is 0 Å². The van der Waals surface area contributed by atoms with Crippen molar-refractivity contribution in [3.8, 4) is 5.75 Å². The van der Waals surface area contributed by atoms with Crippen LogP contribution in [0.15, 0.2) is 12.1 Å². The molecule has 0 radical (unpaired) electrons. The van der Waals surface area contributed by atoms with E-state index in [-0.39, 0.29) is 0 Å². The standard InChI is InChI=1S/C13H21NO/c1-4-9-15-13-6-5-12(7-8-14)10(2)11(13)3/h5-6H,4,7-9,14H2,1-3H3. The molecular formula is C13H21NO. The SMILES string of the molecule is CCCOc1ccc(CCN)c(C)c1C. The van der Waals surface area contributed by atoms with Crippen molar-refractivity contribution in [2.45, 2.75) is 33.6 Å². The van der Waals surface area contributed by atoms with Crippen molar-refractivity contribution in [3.05, 3.63) is 28.8 Å². The van der Waals surface area contributed by atoms with Gasteiger partial charge >= 0.3 is 0 Å². The molecule has 0 heterocycles. The van der Waals surface area contributed by atoms with Crippen molar-refractivity contribution in [3.63, 3.8) is 0 Å². The highest BCUT2D eigenvalue weighted by molar-refractivity contribution is 5.43. The molecule has 2 nitrogen and oxygen atoms in total. The van der Waals surface area contributed by atoms with Gasteiger partial charge in [0.25, 0.3) is 0 Å². The molecule has 0 aromatic heterocycles. The van der Waals surface area contributed by atoms with Crippen LogP contribution in [-0.4, -0.2) is 13.2 Å². The number of ether oxygens (including phenoxy) is 1. The van der Waals surface area contributed by atoms with Crippen LogP contribution in [0.4, 0.5) is 0 Å². The van der Waals surface area contributed by atoms with Crippen molar-refractivity contribution in [1.29, 1.82) is 0 Å². The summed E-state index contributed by atoms with van der Waals surface area (Å²) in [5.74, 6) is 1.01. The zero-order chi connectivity index (χ0) is 11.3. The Balaban J connectivity index is 2.88. The van der Waals surface area contributed by atoms with E-state index < -0.39 is 0 Å². The maximum Gasteiger partial charge on any atom is 0.122 e. The molecule has 0 saturated heterocycles. The highest BCUT2D eigenvalue weighted by Crippen LogP contribution is 2.24. The van der Waals surface area contributed by atoms with Crippen molar-refractivity contribution in [2.24, 2.45) is 5.73 Å². The average Bonchev–Trinajstić information content (AvgIpc) is 2.24. The van der Waals surface area contributed by atoms with Crippen LogP contribution < -0.4 is 10.5 Å². The molecule has 15 heavy (non-hydrogen) atoms. The Morgan fingerprint density at radius 2 is 1.93 bits per heavy atom. The van der Waals surface area contributed by atoms with Crippen molar-refractivity contribution >= 4 is 0 Å². The van der Waals surface area contributed by atoms with Gasteiger partial charge in [-0.1, -0.05) is 13.0 Å². The lowest BCUT2D eigenvalue weighted by molar-refractivity contribution is 0.315. The van der Waals surface area contributed by atoms with Crippen molar-refractivity contribution in [1.82, 2.24) is 0 Å². The number of benzene rings is 1. The maximum atomic E-state index is 5.67. The smallest absolute Gasteiger partial charge is 0.122 e. The molecule has 2 heteroatoms. The number of hydrogen-bond acceptors (Lipinski definition) is 2. The first kappa shape index (κ1) is 12.1. The quantitative estimate of drug-likeness (QED) is 0.805. The summed E-state index contributed by atoms with van der Waals surface area (Å²) in [4.78, 5) is 0. The molecule has 0 amide bonds. The Kier molecular flexibility index (Phi) is 4.63. The lowest BCUT2D eigenvalue weighted by atomic mass is 10.00. The van der Waals surface area contributed by atoms with E-state index in [0.29, 0.717) is 6.54 Å². The largest absolute Gasteiger partial charge is 0.493 e. The fourth-order valence-corrected chi connectivity index (χ4v) is 1.65. The molecular weight excluding hydrogens is 186 g/mol. The van der Waals surface area contributed by atoms with Crippen LogP contribution in [0, 0.1) is 13.8 Å². The van der Waals surface area contributed by atoms with Crippen molar-refractivity contribution in [2.75, 3.05) is 13.2 Å². The van der Waals surface area contributed by atoms with Crippen LogP contribution in [-0.2, 0) is 6.42 Å². The maximum absolute atomic E-state index is 5.67. The molecule has 0 aliphatic heterocycles. The van der Waals surface area contributed by atoms with Gasteiger partial charge < -0.3 is 10.5 Å². The van der Waals surface area contributed by atoms with E-state index in [9.17, 15) is 0 Å². The molecule has 0 unspecified atom stereocenters. The Morgan fingerprint density at radius 1 is 1.20 bits per heavy atom. The van der Waals surface area contributed by atoms with E-state index >= 15 is 0 Å². The van der Waals surface area contributed by atoms with Crippen LogP contribution in [0.1, 0.15) is 30.0 Å². The molecule has 2 N–H and O–H groups in total. The molecule has 0 bridgehead atoms. The number of hydrogen-bond donors (Lipinski definition) is 1. The predicted octanol–water partition coefficient (Wildman–Crippen LogP) is 2.59.